The molecule has 0 aliphatic rings. The third kappa shape index (κ3) is 5.90. The van der Waals surface area contributed by atoms with Gasteiger partial charge in [0.15, 0.2) is 0 Å². The Morgan fingerprint density at radius 3 is 2.39 bits per heavy atom. The average Bonchev–Trinajstić information content (AvgIpc) is 2.55. The molecule has 0 bridgehead atoms. The zero-order valence-electron chi connectivity index (χ0n) is 13.1. The number of nitrogens with one attached hydrogen (secondary N) is 2. The minimum Gasteiger partial charge on any atom is -0.378 e. The first-order chi connectivity index (χ1) is 11.0. The lowest BCUT2D eigenvalue weighted by atomic mass is 10.2. The molecule has 0 saturated carbocycles. The Morgan fingerprint density at radius 2 is 1.78 bits per heavy atom. The van der Waals surface area contributed by atoms with Crippen LogP contribution in [-0.2, 0) is 4.79 Å². The number of carbonyl (C=O) groups excluding carboxylic acids is 1. The van der Waals surface area contributed by atoms with Crippen LogP contribution in [0.1, 0.15) is 5.56 Å². The molecule has 0 spiro atoms. The van der Waals surface area contributed by atoms with Gasteiger partial charge < -0.3 is 10.2 Å². The zero-order valence-corrected chi connectivity index (χ0v) is 15.2. The number of rotatable bonds is 6. The normalized spacial score (nSPS) is 10.6. The van der Waals surface area contributed by atoms with Gasteiger partial charge in [0.1, 0.15) is 0 Å². The second-order valence-corrected chi connectivity index (χ2v) is 6.39. The number of carbonyl (C=O) groups is 1. The number of amides is 1. The Balaban J connectivity index is 1.78. The molecule has 0 radical (unpaired) electrons. The third-order valence-electron chi connectivity index (χ3n) is 3.11. The molecule has 120 valence electrons. The van der Waals surface area contributed by atoms with Crippen molar-refractivity contribution in [3.05, 3.63) is 57.7 Å². The number of nitrogens with zero attached hydrogens (tertiary/aromatic N) is 2. The standard InChI is InChI=1S/C17H19IN4O/c1-22(2)16-9-3-13(4-10-16)11-20-21-17(23)12-19-15-7-5-14(18)6-8-15/h3-11,19H,12H2,1-2H3,(H,21,23)/b20-11-. The monoisotopic (exact) mass is 422 g/mol. The maximum Gasteiger partial charge on any atom is 0.259 e. The number of hydrogen-bond acceptors (Lipinski definition) is 4. The molecule has 23 heavy (non-hydrogen) atoms. The summed E-state index contributed by atoms with van der Waals surface area (Å²) in [5.74, 6) is -0.190. The molecule has 6 heteroatoms. The molecule has 2 N–H and O–H groups in total. The topological polar surface area (TPSA) is 56.7 Å². The van der Waals surface area contributed by atoms with E-state index in [9.17, 15) is 4.79 Å². The van der Waals surface area contributed by atoms with Gasteiger partial charge in [0, 0.05) is 29.0 Å². The van der Waals surface area contributed by atoms with Crippen molar-refractivity contribution >= 4 is 46.1 Å². The van der Waals surface area contributed by atoms with Crippen molar-refractivity contribution in [1.82, 2.24) is 5.43 Å². The Bertz CT molecular complexity index is 666. The first kappa shape index (κ1) is 17.3. The van der Waals surface area contributed by atoms with Crippen LogP contribution in [0.4, 0.5) is 11.4 Å². The first-order valence-electron chi connectivity index (χ1n) is 7.13. The molecular formula is C17H19IN4O. The second kappa shape index (κ2) is 8.52. The molecule has 1 amide bonds. The maximum absolute atomic E-state index is 11.7. The van der Waals surface area contributed by atoms with Crippen LogP contribution in [0.3, 0.4) is 0 Å². The minimum atomic E-state index is -0.190. The van der Waals surface area contributed by atoms with Crippen molar-refractivity contribution < 1.29 is 4.79 Å². The molecule has 0 heterocycles. The number of hydrogen-bond donors (Lipinski definition) is 2. The second-order valence-electron chi connectivity index (χ2n) is 5.14. The van der Waals surface area contributed by atoms with E-state index in [4.69, 9.17) is 0 Å². The van der Waals surface area contributed by atoms with Crippen molar-refractivity contribution in [3.63, 3.8) is 0 Å². The van der Waals surface area contributed by atoms with Crippen LogP contribution in [0.2, 0.25) is 0 Å². The fourth-order valence-corrected chi connectivity index (χ4v) is 2.19. The van der Waals surface area contributed by atoms with Crippen LogP contribution in [0, 0.1) is 3.57 Å². The van der Waals surface area contributed by atoms with E-state index in [0.29, 0.717) is 0 Å². The van der Waals surface area contributed by atoms with Crippen molar-refractivity contribution in [2.75, 3.05) is 30.9 Å². The Kier molecular flexibility index (Phi) is 6.40. The maximum atomic E-state index is 11.7. The SMILES string of the molecule is CN(C)c1ccc(/C=N\NC(=O)CNc2ccc(I)cc2)cc1. The summed E-state index contributed by atoms with van der Waals surface area (Å²) in [4.78, 5) is 13.7. The van der Waals surface area contributed by atoms with Gasteiger partial charge in [-0.2, -0.15) is 5.10 Å². The van der Waals surface area contributed by atoms with Gasteiger partial charge in [-0.3, -0.25) is 4.79 Å². The molecule has 0 unspecified atom stereocenters. The van der Waals surface area contributed by atoms with E-state index in [0.717, 1.165) is 20.5 Å². The molecule has 2 aromatic carbocycles. The molecule has 2 aromatic rings. The van der Waals surface area contributed by atoms with Gasteiger partial charge in [0.25, 0.3) is 5.91 Å². The van der Waals surface area contributed by atoms with Gasteiger partial charge in [-0.25, -0.2) is 5.43 Å². The number of hydrazone groups is 1. The molecule has 5 nitrogen and oxygen atoms in total. The van der Waals surface area contributed by atoms with Gasteiger partial charge in [0.05, 0.1) is 12.8 Å². The van der Waals surface area contributed by atoms with Crippen LogP contribution in [0.5, 0.6) is 0 Å². The zero-order chi connectivity index (χ0) is 16.7. The number of halogens is 1. The smallest absolute Gasteiger partial charge is 0.259 e. The molecular weight excluding hydrogens is 403 g/mol. The summed E-state index contributed by atoms with van der Waals surface area (Å²) in [6.45, 7) is 0.178. The van der Waals surface area contributed by atoms with E-state index < -0.39 is 0 Å². The van der Waals surface area contributed by atoms with Crippen LogP contribution in [0.15, 0.2) is 53.6 Å². The largest absolute Gasteiger partial charge is 0.378 e. The Hall–Kier alpha value is -2.09. The van der Waals surface area contributed by atoms with Crippen LogP contribution < -0.4 is 15.6 Å². The lowest BCUT2D eigenvalue weighted by Gasteiger charge is -2.11. The molecule has 0 aromatic heterocycles. The van der Waals surface area contributed by atoms with Crippen LogP contribution in [0.25, 0.3) is 0 Å². The summed E-state index contributed by atoms with van der Waals surface area (Å²) in [5.41, 5.74) is 5.46. The quantitative estimate of drug-likeness (QED) is 0.428. The van der Waals surface area contributed by atoms with Gasteiger partial charge in [-0.1, -0.05) is 12.1 Å². The molecule has 0 aliphatic heterocycles. The summed E-state index contributed by atoms with van der Waals surface area (Å²) in [6.07, 6.45) is 1.63. The Labute approximate surface area is 149 Å². The summed E-state index contributed by atoms with van der Waals surface area (Å²) >= 11 is 2.24. The van der Waals surface area contributed by atoms with Crippen molar-refractivity contribution in [2.24, 2.45) is 5.10 Å². The first-order valence-corrected chi connectivity index (χ1v) is 8.21. The summed E-state index contributed by atoms with van der Waals surface area (Å²) in [7, 11) is 3.98. The third-order valence-corrected chi connectivity index (χ3v) is 3.83. The van der Waals surface area contributed by atoms with Gasteiger partial charge in [0.2, 0.25) is 0 Å². The van der Waals surface area contributed by atoms with Crippen molar-refractivity contribution in [2.45, 2.75) is 0 Å². The lowest BCUT2D eigenvalue weighted by molar-refractivity contribution is -0.119. The predicted octanol–water partition coefficient (Wildman–Crippen LogP) is 2.92. The summed E-state index contributed by atoms with van der Waals surface area (Å²) in [5, 5.41) is 7.01. The van der Waals surface area contributed by atoms with Crippen LogP contribution in [-0.4, -0.2) is 32.8 Å². The predicted molar refractivity (Wildman–Crippen MR) is 104 cm³/mol. The van der Waals surface area contributed by atoms with E-state index in [-0.39, 0.29) is 12.5 Å². The van der Waals surface area contributed by atoms with E-state index in [2.05, 4.69) is 38.4 Å². The van der Waals surface area contributed by atoms with Crippen LogP contribution >= 0.6 is 22.6 Å². The van der Waals surface area contributed by atoms with Gasteiger partial charge in [-0.05, 0) is 64.6 Å². The van der Waals surface area contributed by atoms with E-state index in [1.54, 1.807) is 6.21 Å². The highest BCUT2D eigenvalue weighted by atomic mass is 127. The number of anilines is 2. The minimum absolute atomic E-state index is 0.178. The van der Waals surface area contributed by atoms with E-state index in [1.165, 1.54) is 0 Å². The highest BCUT2D eigenvalue weighted by Crippen LogP contribution is 2.11. The summed E-state index contributed by atoms with van der Waals surface area (Å²) in [6, 6.07) is 15.7. The van der Waals surface area contributed by atoms with Gasteiger partial charge in [-0.15, -0.1) is 0 Å². The molecule has 0 fully saturated rings. The summed E-state index contributed by atoms with van der Waals surface area (Å²) < 4.78 is 1.16. The molecule has 2 rings (SSSR count). The highest BCUT2D eigenvalue weighted by molar-refractivity contribution is 14.1. The van der Waals surface area contributed by atoms with Crippen molar-refractivity contribution in [1.29, 1.82) is 0 Å². The fourth-order valence-electron chi connectivity index (χ4n) is 1.83. The van der Waals surface area contributed by atoms with E-state index in [1.807, 2.05) is 67.5 Å². The Morgan fingerprint density at radius 1 is 1.13 bits per heavy atom. The molecule has 0 aliphatic carbocycles. The fraction of sp³-hybridized carbons (Fsp3) is 0.176. The van der Waals surface area contributed by atoms with Gasteiger partial charge >= 0.3 is 0 Å². The molecule has 0 saturated heterocycles. The number of benzene rings is 2. The van der Waals surface area contributed by atoms with Crippen molar-refractivity contribution in [3.8, 4) is 0 Å². The average molecular weight is 422 g/mol. The lowest BCUT2D eigenvalue weighted by Crippen LogP contribution is -2.25. The van der Waals surface area contributed by atoms with E-state index >= 15 is 0 Å². The molecule has 0 atom stereocenters. The highest BCUT2D eigenvalue weighted by Gasteiger charge is 1.99.